The Balaban J connectivity index is 2.12. The maximum Gasteiger partial charge on any atom is 0.244 e. The summed E-state index contributed by atoms with van der Waals surface area (Å²) in [7, 11) is -2.07. The number of methoxy groups -OCH3 is 1. The highest BCUT2D eigenvalue weighted by molar-refractivity contribution is 7.92. The van der Waals surface area contributed by atoms with Gasteiger partial charge in [0.25, 0.3) is 0 Å². The number of amides is 1. The summed E-state index contributed by atoms with van der Waals surface area (Å²) in [5, 5.41) is 2.68. The van der Waals surface area contributed by atoms with Crippen molar-refractivity contribution in [3.63, 3.8) is 0 Å². The Bertz CT molecular complexity index is 1150. The topological polar surface area (TPSA) is 84.5 Å². The van der Waals surface area contributed by atoms with Gasteiger partial charge in [-0.15, -0.1) is 0 Å². The summed E-state index contributed by atoms with van der Waals surface area (Å²) >= 11 is 0. The van der Waals surface area contributed by atoms with Gasteiger partial charge in [-0.1, -0.05) is 45.6 Å². The van der Waals surface area contributed by atoms with Gasteiger partial charge >= 0.3 is 0 Å². The normalized spacial score (nSPS) is 11.9. The fraction of sp³-hybridized carbons (Fsp3) is 0.292. The van der Waals surface area contributed by atoms with Crippen LogP contribution in [-0.2, 0) is 26.8 Å². The SMILES string of the molecule is C=Cc1cc(CNC(=O)/C=C/c2ccc(C(C)(C)C)cc2OC)cc(F)c1NS(C)(=O)=O. The van der Waals surface area contributed by atoms with E-state index in [1.807, 2.05) is 18.2 Å². The van der Waals surface area contributed by atoms with Crippen LogP contribution >= 0.6 is 0 Å². The van der Waals surface area contributed by atoms with Crippen molar-refractivity contribution in [3.05, 3.63) is 71.1 Å². The average Bonchev–Trinajstić information content (AvgIpc) is 2.70. The maximum absolute atomic E-state index is 14.4. The predicted octanol–water partition coefficient (Wildman–Crippen LogP) is 4.48. The molecule has 0 saturated carbocycles. The van der Waals surface area contributed by atoms with Gasteiger partial charge in [-0.3, -0.25) is 9.52 Å². The highest BCUT2D eigenvalue weighted by atomic mass is 32.2. The minimum atomic E-state index is -3.65. The molecule has 0 heterocycles. The van der Waals surface area contributed by atoms with Gasteiger partial charge in [0.05, 0.1) is 19.1 Å². The van der Waals surface area contributed by atoms with Crippen molar-refractivity contribution < 1.29 is 22.3 Å². The second kappa shape index (κ2) is 9.99. The van der Waals surface area contributed by atoms with Crippen molar-refractivity contribution in [2.45, 2.75) is 32.7 Å². The van der Waals surface area contributed by atoms with Crippen LogP contribution in [0.1, 0.15) is 43.0 Å². The number of carbonyl (C=O) groups is 1. The van der Waals surface area contributed by atoms with Gasteiger partial charge in [0.2, 0.25) is 15.9 Å². The predicted molar refractivity (Wildman–Crippen MR) is 128 cm³/mol. The van der Waals surface area contributed by atoms with Gasteiger partial charge in [0, 0.05) is 23.7 Å². The Hall–Kier alpha value is -3.13. The van der Waals surface area contributed by atoms with Crippen molar-refractivity contribution in [2.75, 3.05) is 18.1 Å². The van der Waals surface area contributed by atoms with Crippen LogP contribution in [-0.4, -0.2) is 27.7 Å². The molecule has 32 heavy (non-hydrogen) atoms. The maximum atomic E-state index is 14.4. The first-order valence-corrected chi connectivity index (χ1v) is 11.8. The summed E-state index contributed by atoms with van der Waals surface area (Å²) < 4.78 is 44.9. The van der Waals surface area contributed by atoms with Crippen LogP contribution in [0.4, 0.5) is 10.1 Å². The van der Waals surface area contributed by atoms with E-state index in [-0.39, 0.29) is 29.1 Å². The molecular formula is C24H29FN2O4S. The second-order valence-corrected chi connectivity index (χ2v) is 10.1. The molecule has 8 heteroatoms. The number of hydrogen-bond acceptors (Lipinski definition) is 4. The molecule has 0 aromatic heterocycles. The lowest BCUT2D eigenvalue weighted by Gasteiger charge is -2.20. The number of anilines is 1. The Morgan fingerprint density at radius 2 is 1.88 bits per heavy atom. The molecule has 2 aromatic carbocycles. The molecule has 0 unspecified atom stereocenters. The quantitative estimate of drug-likeness (QED) is 0.569. The monoisotopic (exact) mass is 460 g/mol. The van der Waals surface area contributed by atoms with Crippen molar-refractivity contribution in [3.8, 4) is 5.75 Å². The van der Waals surface area contributed by atoms with E-state index < -0.39 is 15.8 Å². The molecule has 0 fully saturated rings. The Kier molecular flexibility index (Phi) is 7.85. The van der Waals surface area contributed by atoms with Crippen LogP contribution in [0, 0.1) is 5.82 Å². The molecule has 0 aliphatic carbocycles. The third-order valence-corrected chi connectivity index (χ3v) is 5.24. The molecular weight excluding hydrogens is 431 g/mol. The van der Waals surface area contributed by atoms with Crippen LogP contribution < -0.4 is 14.8 Å². The number of rotatable bonds is 8. The highest BCUT2D eigenvalue weighted by Crippen LogP contribution is 2.29. The molecule has 2 rings (SSSR count). The first-order chi connectivity index (χ1) is 14.8. The van der Waals surface area contributed by atoms with E-state index in [1.54, 1.807) is 19.3 Å². The summed E-state index contributed by atoms with van der Waals surface area (Å²) in [6, 6.07) is 8.55. The number of sulfonamides is 1. The van der Waals surface area contributed by atoms with E-state index in [2.05, 4.69) is 37.4 Å². The fourth-order valence-corrected chi connectivity index (χ4v) is 3.56. The van der Waals surface area contributed by atoms with Crippen LogP contribution in [0.15, 0.2) is 43.0 Å². The van der Waals surface area contributed by atoms with Gasteiger partial charge in [-0.25, -0.2) is 12.8 Å². The number of hydrogen-bond donors (Lipinski definition) is 2. The van der Waals surface area contributed by atoms with Crippen LogP contribution in [0.25, 0.3) is 12.2 Å². The third-order valence-electron chi connectivity index (χ3n) is 4.67. The average molecular weight is 461 g/mol. The molecule has 0 bridgehead atoms. The molecule has 0 aliphatic rings. The third kappa shape index (κ3) is 6.95. The van der Waals surface area contributed by atoms with Crippen molar-refractivity contribution in [1.29, 1.82) is 0 Å². The minimum Gasteiger partial charge on any atom is -0.496 e. The van der Waals surface area contributed by atoms with E-state index in [0.717, 1.165) is 17.4 Å². The van der Waals surface area contributed by atoms with Crippen LogP contribution in [0.2, 0.25) is 0 Å². The first-order valence-electron chi connectivity index (χ1n) is 9.91. The molecule has 2 N–H and O–H groups in total. The number of benzene rings is 2. The van der Waals surface area contributed by atoms with E-state index >= 15 is 0 Å². The summed E-state index contributed by atoms with van der Waals surface area (Å²) in [4.78, 5) is 12.3. The van der Waals surface area contributed by atoms with Crippen LogP contribution in [0.5, 0.6) is 5.75 Å². The standard InChI is InChI=1S/C24H29FN2O4S/c1-7-17-12-16(13-20(25)23(17)27-32(6,29)30)15-26-22(28)11-9-18-8-10-19(24(2,3)4)14-21(18)31-5/h7-14,27H,1,15H2,2-6H3,(H,26,28)/b11-9+. The lowest BCUT2D eigenvalue weighted by atomic mass is 9.86. The Labute approximate surface area is 189 Å². The highest BCUT2D eigenvalue weighted by Gasteiger charge is 2.16. The molecule has 1 amide bonds. The fourth-order valence-electron chi connectivity index (χ4n) is 2.97. The Morgan fingerprint density at radius 3 is 2.44 bits per heavy atom. The lowest BCUT2D eigenvalue weighted by Crippen LogP contribution is -2.20. The second-order valence-electron chi connectivity index (χ2n) is 8.38. The van der Waals surface area contributed by atoms with Gasteiger partial charge in [-0.05, 0) is 40.8 Å². The zero-order valence-electron chi connectivity index (χ0n) is 19.0. The largest absolute Gasteiger partial charge is 0.496 e. The molecule has 0 spiro atoms. The molecule has 172 valence electrons. The first kappa shape index (κ1) is 25.1. The van der Waals surface area contributed by atoms with E-state index in [9.17, 15) is 17.6 Å². The Morgan fingerprint density at radius 1 is 1.19 bits per heavy atom. The zero-order valence-corrected chi connectivity index (χ0v) is 19.8. The summed E-state index contributed by atoms with van der Waals surface area (Å²) in [5.74, 6) is -0.463. The molecule has 0 aliphatic heterocycles. The summed E-state index contributed by atoms with van der Waals surface area (Å²) in [6.07, 6.45) is 5.30. The number of carbonyl (C=O) groups excluding carboxylic acids is 1. The molecule has 6 nitrogen and oxygen atoms in total. The van der Waals surface area contributed by atoms with Gasteiger partial charge < -0.3 is 10.1 Å². The van der Waals surface area contributed by atoms with E-state index in [0.29, 0.717) is 11.3 Å². The van der Waals surface area contributed by atoms with E-state index in [1.165, 1.54) is 18.2 Å². The van der Waals surface area contributed by atoms with Gasteiger partial charge in [0.15, 0.2) is 0 Å². The number of ether oxygens (including phenoxy) is 1. The number of halogens is 1. The summed E-state index contributed by atoms with van der Waals surface area (Å²) in [6.45, 7) is 9.96. The smallest absolute Gasteiger partial charge is 0.244 e. The molecule has 0 atom stereocenters. The molecule has 0 radical (unpaired) electrons. The van der Waals surface area contributed by atoms with E-state index in [4.69, 9.17) is 4.74 Å². The van der Waals surface area contributed by atoms with Crippen molar-refractivity contribution >= 4 is 33.8 Å². The minimum absolute atomic E-state index is 0.0289. The molecule has 0 saturated heterocycles. The van der Waals surface area contributed by atoms with Crippen molar-refractivity contribution in [2.24, 2.45) is 0 Å². The van der Waals surface area contributed by atoms with Gasteiger partial charge in [0.1, 0.15) is 11.6 Å². The van der Waals surface area contributed by atoms with Crippen LogP contribution in [0.3, 0.4) is 0 Å². The van der Waals surface area contributed by atoms with Gasteiger partial charge in [-0.2, -0.15) is 0 Å². The van der Waals surface area contributed by atoms with Crippen molar-refractivity contribution in [1.82, 2.24) is 5.32 Å². The number of nitrogens with one attached hydrogen (secondary N) is 2. The summed E-state index contributed by atoms with van der Waals surface area (Å²) in [5.41, 5.74) is 2.41. The lowest BCUT2D eigenvalue weighted by molar-refractivity contribution is -0.116. The molecule has 2 aromatic rings. The zero-order chi connectivity index (χ0) is 24.1.